The first kappa shape index (κ1) is 22.0. The lowest BCUT2D eigenvalue weighted by Crippen LogP contribution is -2.46. The highest BCUT2D eigenvalue weighted by Gasteiger charge is 2.47. The van der Waals surface area contributed by atoms with Gasteiger partial charge in [0.05, 0.1) is 6.61 Å². The normalized spacial score (nSPS) is 28.8. The summed E-state index contributed by atoms with van der Waals surface area (Å²) < 4.78 is 0. The van der Waals surface area contributed by atoms with Gasteiger partial charge in [0.25, 0.3) is 0 Å². The maximum Gasteiger partial charge on any atom is 0.0743 e. The Morgan fingerprint density at radius 3 is 2.70 bits per heavy atom. The minimum Gasteiger partial charge on any atom is -0.304 e. The third kappa shape index (κ3) is 6.10. The quantitative estimate of drug-likeness (QED) is 0.290. The van der Waals surface area contributed by atoms with E-state index < -0.39 is 0 Å². The van der Waals surface area contributed by atoms with Gasteiger partial charge in [0.1, 0.15) is 0 Å². The summed E-state index contributed by atoms with van der Waals surface area (Å²) >= 11 is 1.98. The van der Waals surface area contributed by atoms with Gasteiger partial charge in [0.15, 0.2) is 0 Å². The highest BCUT2D eigenvalue weighted by atomic mass is 32.2. The summed E-state index contributed by atoms with van der Waals surface area (Å²) in [4.78, 5) is 5.26. The third-order valence-electron chi connectivity index (χ3n) is 5.80. The highest BCUT2D eigenvalue weighted by molar-refractivity contribution is 7.99. The number of benzene rings is 1. The SMILES string of the molecule is C=C/C=C\C=C/CSCC1(CON)CC(C)CC(CC)(c2ccccc2)C1.[HH]. The maximum atomic E-state index is 5.60. The van der Waals surface area contributed by atoms with Crippen molar-refractivity contribution in [3.63, 3.8) is 0 Å². The first-order valence-electron chi connectivity index (χ1n) is 9.99. The van der Waals surface area contributed by atoms with Crippen molar-refractivity contribution in [1.82, 2.24) is 0 Å². The number of thioether (sulfide) groups is 1. The van der Waals surface area contributed by atoms with Crippen LogP contribution >= 0.6 is 11.8 Å². The van der Waals surface area contributed by atoms with Crippen LogP contribution in [0.25, 0.3) is 0 Å². The lowest BCUT2D eigenvalue weighted by Gasteiger charge is -2.50. The van der Waals surface area contributed by atoms with Crippen LogP contribution in [0.2, 0.25) is 0 Å². The Bertz CT molecular complexity index is 633. The molecule has 0 amide bonds. The minimum atomic E-state index is 0. The Hall–Kier alpha value is -1.29. The van der Waals surface area contributed by atoms with Crippen LogP contribution in [0.15, 0.2) is 67.3 Å². The number of nitrogens with two attached hydrogens (primary N) is 1. The molecule has 1 aliphatic carbocycles. The van der Waals surface area contributed by atoms with Crippen LogP contribution in [-0.4, -0.2) is 18.1 Å². The van der Waals surface area contributed by atoms with E-state index in [1.807, 2.05) is 23.9 Å². The highest BCUT2D eigenvalue weighted by Crippen LogP contribution is 2.53. The van der Waals surface area contributed by atoms with Gasteiger partial charge in [-0.15, -0.1) is 0 Å². The molecular formula is C24H37NOS. The van der Waals surface area contributed by atoms with Crippen LogP contribution in [0.4, 0.5) is 0 Å². The average molecular weight is 388 g/mol. The second kappa shape index (κ2) is 10.9. The summed E-state index contributed by atoms with van der Waals surface area (Å²) in [6.07, 6.45) is 14.8. The predicted molar refractivity (Wildman–Crippen MR) is 122 cm³/mol. The Labute approximate surface area is 171 Å². The van der Waals surface area contributed by atoms with Gasteiger partial charge in [-0.2, -0.15) is 11.8 Å². The molecule has 0 bridgehead atoms. The summed E-state index contributed by atoms with van der Waals surface area (Å²) in [5.74, 6) is 8.36. The van der Waals surface area contributed by atoms with Crippen LogP contribution in [0, 0.1) is 11.3 Å². The largest absolute Gasteiger partial charge is 0.304 e. The van der Waals surface area contributed by atoms with E-state index in [0.717, 1.165) is 24.3 Å². The van der Waals surface area contributed by atoms with Crippen molar-refractivity contribution >= 4 is 11.8 Å². The number of allylic oxidation sites excluding steroid dienone is 4. The van der Waals surface area contributed by atoms with E-state index in [9.17, 15) is 0 Å². The smallest absolute Gasteiger partial charge is 0.0743 e. The van der Waals surface area contributed by atoms with Crippen LogP contribution < -0.4 is 5.90 Å². The standard InChI is InChI=1S/C24H35NOS.H2/c1-4-6-7-8-12-15-27-20-23(19-26-25)16-21(3)17-24(5-2,18-23)22-13-10-9-11-14-22;/h4,6-14,21H,1,5,15-20,25H2,2-3H3;1H/b7-6-,12-8-;. The molecule has 150 valence electrons. The van der Waals surface area contributed by atoms with Crippen LogP contribution in [0.5, 0.6) is 0 Å². The van der Waals surface area contributed by atoms with Gasteiger partial charge in [0.2, 0.25) is 0 Å². The zero-order valence-electron chi connectivity index (χ0n) is 16.9. The van der Waals surface area contributed by atoms with Crippen molar-refractivity contribution in [2.24, 2.45) is 17.2 Å². The molecule has 0 aliphatic heterocycles. The van der Waals surface area contributed by atoms with Gasteiger partial charge in [-0.3, -0.25) is 0 Å². The first-order valence-corrected chi connectivity index (χ1v) is 11.1. The molecule has 0 radical (unpaired) electrons. The molecule has 3 heteroatoms. The zero-order chi connectivity index (χ0) is 19.6. The molecule has 1 aromatic rings. The molecule has 1 fully saturated rings. The molecule has 2 nitrogen and oxygen atoms in total. The molecule has 0 heterocycles. The van der Waals surface area contributed by atoms with E-state index in [0.29, 0.717) is 12.5 Å². The molecular weight excluding hydrogens is 350 g/mol. The number of hydrogen-bond donors (Lipinski definition) is 1. The van der Waals surface area contributed by atoms with Crippen molar-refractivity contribution < 1.29 is 6.26 Å². The molecule has 0 spiro atoms. The van der Waals surface area contributed by atoms with Crippen molar-refractivity contribution in [3.05, 3.63) is 72.9 Å². The molecule has 0 aromatic heterocycles. The van der Waals surface area contributed by atoms with Gasteiger partial charge >= 0.3 is 0 Å². The summed E-state index contributed by atoms with van der Waals surface area (Å²) in [7, 11) is 0. The third-order valence-corrected chi connectivity index (χ3v) is 7.05. The average Bonchev–Trinajstić information content (AvgIpc) is 2.67. The van der Waals surface area contributed by atoms with Crippen molar-refractivity contribution in [3.8, 4) is 0 Å². The molecule has 27 heavy (non-hydrogen) atoms. The van der Waals surface area contributed by atoms with E-state index in [4.69, 9.17) is 10.7 Å². The van der Waals surface area contributed by atoms with Crippen LogP contribution in [-0.2, 0) is 10.3 Å². The Morgan fingerprint density at radius 1 is 1.26 bits per heavy atom. The van der Waals surface area contributed by atoms with E-state index in [2.05, 4.69) is 62.9 Å². The summed E-state index contributed by atoms with van der Waals surface area (Å²) in [6, 6.07) is 11.1. The fourth-order valence-corrected chi connectivity index (χ4v) is 5.99. The lowest BCUT2D eigenvalue weighted by atomic mass is 9.56. The van der Waals surface area contributed by atoms with Gasteiger partial charge in [-0.1, -0.05) is 81.1 Å². The molecule has 2 rings (SSSR count). The molecule has 3 unspecified atom stereocenters. The molecule has 1 saturated carbocycles. The maximum absolute atomic E-state index is 5.60. The Kier molecular flexibility index (Phi) is 8.88. The summed E-state index contributed by atoms with van der Waals surface area (Å²) in [6.45, 7) is 9.05. The molecule has 0 saturated heterocycles. The van der Waals surface area contributed by atoms with Gasteiger partial charge in [0, 0.05) is 18.3 Å². The van der Waals surface area contributed by atoms with Gasteiger partial charge in [-0.25, -0.2) is 5.90 Å². The fraction of sp³-hybridized carbons (Fsp3) is 0.500. The zero-order valence-corrected chi connectivity index (χ0v) is 17.7. The molecule has 2 N–H and O–H groups in total. The van der Waals surface area contributed by atoms with E-state index in [1.54, 1.807) is 6.08 Å². The van der Waals surface area contributed by atoms with Crippen molar-refractivity contribution in [2.75, 3.05) is 18.1 Å². The monoisotopic (exact) mass is 387 g/mol. The summed E-state index contributed by atoms with van der Waals surface area (Å²) in [5, 5.41) is 0. The number of hydrogen-bond acceptors (Lipinski definition) is 3. The van der Waals surface area contributed by atoms with Crippen molar-refractivity contribution in [1.29, 1.82) is 0 Å². The van der Waals surface area contributed by atoms with Crippen LogP contribution in [0.3, 0.4) is 0 Å². The second-order valence-corrected chi connectivity index (χ2v) is 9.10. The Morgan fingerprint density at radius 2 is 2.04 bits per heavy atom. The van der Waals surface area contributed by atoms with E-state index in [1.165, 1.54) is 18.4 Å². The first-order chi connectivity index (χ1) is 13.1. The van der Waals surface area contributed by atoms with E-state index in [-0.39, 0.29) is 12.3 Å². The minimum absolute atomic E-state index is 0. The van der Waals surface area contributed by atoms with Crippen LogP contribution in [0.1, 0.15) is 46.5 Å². The lowest BCUT2D eigenvalue weighted by molar-refractivity contribution is -0.00647. The van der Waals surface area contributed by atoms with Gasteiger partial charge in [-0.05, 0) is 42.6 Å². The van der Waals surface area contributed by atoms with Gasteiger partial charge < -0.3 is 4.84 Å². The second-order valence-electron chi connectivity index (χ2n) is 8.06. The molecule has 3 atom stereocenters. The molecule has 1 aromatic carbocycles. The predicted octanol–water partition coefficient (Wildman–Crippen LogP) is 6.31. The molecule has 1 aliphatic rings. The van der Waals surface area contributed by atoms with Crippen molar-refractivity contribution in [2.45, 2.75) is 44.9 Å². The van der Waals surface area contributed by atoms with E-state index >= 15 is 0 Å². The fourth-order valence-electron chi connectivity index (χ4n) is 4.88. The topological polar surface area (TPSA) is 35.2 Å². The summed E-state index contributed by atoms with van der Waals surface area (Å²) in [5.41, 5.74) is 1.83. The number of rotatable bonds is 10. The Balaban J connectivity index is 0.00000392.